The van der Waals surface area contributed by atoms with Crippen molar-refractivity contribution in [2.75, 3.05) is 0 Å². The van der Waals surface area contributed by atoms with Crippen LogP contribution in [0.3, 0.4) is 0 Å². The number of aliphatic imine (C=N–C) groups is 1. The second kappa shape index (κ2) is 8.03. The maximum Gasteiger partial charge on any atom is 0.300 e. The molecule has 1 aliphatic rings. The molecule has 0 spiro atoms. The van der Waals surface area contributed by atoms with Crippen molar-refractivity contribution < 1.29 is 19.9 Å². The lowest BCUT2D eigenvalue weighted by Crippen LogP contribution is -2.07. The maximum atomic E-state index is 11.2. The number of fused-ring (bicyclic) bond motifs is 3. The number of carbonyl (C=O) groups is 1. The summed E-state index contributed by atoms with van der Waals surface area (Å²) in [5.74, 6) is -0.446. The van der Waals surface area contributed by atoms with Gasteiger partial charge < -0.3 is 10.2 Å². The summed E-state index contributed by atoms with van der Waals surface area (Å²) in [5, 5.41) is 29.2. The Morgan fingerprint density at radius 2 is 1.86 bits per heavy atom. The summed E-state index contributed by atoms with van der Waals surface area (Å²) in [6.07, 6.45) is 0.627. The highest BCUT2D eigenvalue weighted by atomic mass is 16.6. The van der Waals surface area contributed by atoms with Crippen LogP contribution in [0.15, 0.2) is 59.7 Å². The van der Waals surface area contributed by atoms with Gasteiger partial charge in [-0.3, -0.25) is 19.5 Å². The molecule has 0 amide bonds. The molecule has 148 valence electrons. The minimum atomic E-state index is -1.16. The first-order chi connectivity index (χ1) is 13.8. The third-order valence-electron chi connectivity index (χ3n) is 4.09. The van der Waals surface area contributed by atoms with Gasteiger partial charge in [-0.05, 0) is 13.0 Å². The highest BCUT2D eigenvalue weighted by Gasteiger charge is 2.26. The molecule has 9 nitrogen and oxygen atoms in total. The lowest BCUT2D eigenvalue weighted by atomic mass is 10.00. The zero-order valence-corrected chi connectivity index (χ0v) is 15.7. The number of carboxylic acid groups (broad SMARTS) is 1. The summed E-state index contributed by atoms with van der Waals surface area (Å²) >= 11 is 0. The highest BCUT2D eigenvalue weighted by molar-refractivity contribution is 6.15. The molecule has 0 saturated heterocycles. The van der Waals surface area contributed by atoms with E-state index in [1.54, 1.807) is 16.8 Å². The lowest BCUT2D eigenvalue weighted by Gasteiger charge is -2.11. The van der Waals surface area contributed by atoms with E-state index in [0.29, 0.717) is 22.8 Å². The number of carboxylic acids is 1. The molecule has 1 unspecified atom stereocenters. The zero-order valence-electron chi connectivity index (χ0n) is 15.7. The Bertz CT molecular complexity index is 1100. The van der Waals surface area contributed by atoms with Gasteiger partial charge in [-0.2, -0.15) is 0 Å². The first-order valence-electron chi connectivity index (χ1n) is 8.64. The topological polar surface area (TPSA) is 131 Å². The molecule has 1 aliphatic heterocycles. The molecule has 2 heterocycles. The Morgan fingerprint density at radius 1 is 1.21 bits per heavy atom. The molecule has 0 aliphatic carbocycles. The number of imidazole rings is 1. The van der Waals surface area contributed by atoms with Crippen molar-refractivity contribution in [2.45, 2.75) is 20.1 Å². The molecule has 0 bridgehead atoms. The molecule has 29 heavy (non-hydrogen) atoms. The Balaban J connectivity index is 0.000000552. The van der Waals surface area contributed by atoms with Crippen molar-refractivity contribution in [1.29, 1.82) is 0 Å². The fraction of sp³-hybridized carbons (Fsp3) is 0.150. The lowest BCUT2D eigenvalue weighted by molar-refractivity contribution is -0.384. The first kappa shape index (κ1) is 19.9. The maximum absolute atomic E-state index is 11.2. The summed E-state index contributed by atoms with van der Waals surface area (Å²) in [7, 11) is 0. The standard InChI is InChI=1S/C18H14N4O3.C2H4O2/c1-11-10-21-15-8-7-13(22(24)25)9-14(15)16(12-5-3-2-4-6-12)20-18(23)17(21)19-11;1-2(3)4/h2-10,18,23H,1H3;1H3,(H,3,4). The third-order valence-corrected chi connectivity index (χ3v) is 4.09. The molecular weight excluding hydrogens is 376 g/mol. The fourth-order valence-corrected chi connectivity index (χ4v) is 3.00. The molecule has 1 atom stereocenters. The molecule has 3 aromatic rings. The monoisotopic (exact) mass is 394 g/mol. The van der Waals surface area contributed by atoms with E-state index in [1.807, 2.05) is 37.3 Å². The van der Waals surface area contributed by atoms with Crippen LogP contribution < -0.4 is 0 Å². The Morgan fingerprint density at radius 3 is 2.48 bits per heavy atom. The fourth-order valence-electron chi connectivity index (χ4n) is 3.00. The van der Waals surface area contributed by atoms with Gasteiger partial charge in [0.1, 0.15) is 0 Å². The predicted molar refractivity (Wildman–Crippen MR) is 105 cm³/mol. The van der Waals surface area contributed by atoms with Gasteiger partial charge in [0, 0.05) is 36.4 Å². The second-order valence-electron chi connectivity index (χ2n) is 6.31. The number of benzene rings is 2. The molecule has 2 aromatic carbocycles. The number of non-ortho nitro benzene ring substituents is 1. The van der Waals surface area contributed by atoms with E-state index in [1.165, 1.54) is 12.1 Å². The van der Waals surface area contributed by atoms with Crippen LogP contribution in [0.1, 0.15) is 35.8 Å². The van der Waals surface area contributed by atoms with Gasteiger partial charge in [0.05, 0.1) is 22.0 Å². The molecule has 0 fully saturated rings. The van der Waals surface area contributed by atoms with E-state index in [-0.39, 0.29) is 5.69 Å². The van der Waals surface area contributed by atoms with Crippen LogP contribution in [0, 0.1) is 17.0 Å². The highest BCUT2D eigenvalue weighted by Crippen LogP contribution is 2.31. The molecule has 4 rings (SSSR count). The summed E-state index contributed by atoms with van der Waals surface area (Å²) < 4.78 is 1.73. The van der Waals surface area contributed by atoms with Crippen LogP contribution >= 0.6 is 0 Å². The Kier molecular flexibility index (Phi) is 5.51. The predicted octanol–water partition coefficient (Wildman–Crippen LogP) is 3.02. The van der Waals surface area contributed by atoms with E-state index >= 15 is 0 Å². The number of hydrogen-bond donors (Lipinski definition) is 2. The van der Waals surface area contributed by atoms with Gasteiger partial charge in [-0.1, -0.05) is 30.3 Å². The second-order valence-corrected chi connectivity index (χ2v) is 6.31. The first-order valence-corrected chi connectivity index (χ1v) is 8.64. The van der Waals surface area contributed by atoms with Gasteiger partial charge in [-0.25, -0.2) is 9.98 Å². The average Bonchev–Trinajstić information content (AvgIpc) is 3.03. The van der Waals surface area contributed by atoms with Crippen molar-refractivity contribution >= 4 is 17.4 Å². The normalized spacial score (nSPS) is 14.4. The van der Waals surface area contributed by atoms with Crippen LogP contribution in [0.4, 0.5) is 5.69 Å². The van der Waals surface area contributed by atoms with E-state index in [9.17, 15) is 15.2 Å². The molecule has 9 heteroatoms. The van der Waals surface area contributed by atoms with Crippen molar-refractivity contribution in [1.82, 2.24) is 9.55 Å². The number of aromatic nitrogens is 2. The SMILES string of the molecule is CC(=O)O.Cc1cn2c(n1)C(O)N=C(c1ccccc1)c1cc([N+](=O)[O-])ccc1-2. The zero-order chi connectivity index (χ0) is 21.1. The number of hydrogen-bond acceptors (Lipinski definition) is 6. The van der Waals surface area contributed by atoms with Crippen molar-refractivity contribution in [3.05, 3.63) is 87.5 Å². The van der Waals surface area contributed by atoms with Gasteiger partial charge in [0.2, 0.25) is 6.23 Å². The molecule has 0 saturated carbocycles. The van der Waals surface area contributed by atoms with Crippen molar-refractivity contribution in [2.24, 2.45) is 4.99 Å². The van der Waals surface area contributed by atoms with Crippen LogP contribution in [0.2, 0.25) is 0 Å². The van der Waals surface area contributed by atoms with E-state index in [0.717, 1.165) is 18.2 Å². The van der Waals surface area contributed by atoms with Gasteiger partial charge in [0.25, 0.3) is 11.7 Å². The van der Waals surface area contributed by atoms with Crippen LogP contribution in [-0.4, -0.2) is 36.4 Å². The number of aliphatic hydroxyl groups is 1. The number of aliphatic hydroxyl groups excluding tert-OH is 1. The molecule has 0 radical (unpaired) electrons. The number of rotatable bonds is 2. The van der Waals surface area contributed by atoms with Gasteiger partial charge in [0.15, 0.2) is 5.82 Å². The van der Waals surface area contributed by atoms with E-state index < -0.39 is 17.1 Å². The smallest absolute Gasteiger partial charge is 0.300 e. The number of aliphatic carboxylic acids is 1. The third kappa shape index (κ3) is 4.19. The molecule has 2 N–H and O–H groups in total. The quantitative estimate of drug-likeness (QED) is 0.507. The minimum absolute atomic E-state index is 0.0304. The van der Waals surface area contributed by atoms with Crippen molar-refractivity contribution in [3.8, 4) is 5.69 Å². The number of aryl methyl sites for hydroxylation is 1. The minimum Gasteiger partial charge on any atom is -0.481 e. The number of nitrogens with zero attached hydrogens (tertiary/aromatic N) is 4. The Labute approximate surface area is 165 Å². The summed E-state index contributed by atoms with van der Waals surface area (Å²) in [6.45, 7) is 2.90. The van der Waals surface area contributed by atoms with E-state index in [4.69, 9.17) is 9.90 Å². The van der Waals surface area contributed by atoms with Crippen LogP contribution in [0.25, 0.3) is 5.69 Å². The summed E-state index contributed by atoms with van der Waals surface area (Å²) in [5.41, 5.74) is 3.24. The molecular formula is C20H18N4O5. The van der Waals surface area contributed by atoms with Crippen molar-refractivity contribution in [3.63, 3.8) is 0 Å². The number of nitro groups is 1. The Hall–Kier alpha value is -3.85. The largest absolute Gasteiger partial charge is 0.481 e. The van der Waals surface area contributed by atoms with Crippen LogP contribution in [-0.2, 0) is 4.79 Å². The summed E-state index contributed by atoms with van der Waals surface area (Å²) in [4.78, 5) is 28.5. The number of nitro benzene ring substituents is 1. The van der Waals surface area contributed by atoms with Gasteiger partial charge in [-0.15, -0.1) is 0 Å². The molecule has 1 aromatic heterocycles. The van der Waals surface area contributed by atoms with E-state index in [2.05, 4.69) is 9.98 Å². The van der Waals surface area contributed by atoms with Crippen LogP contribution in [0.5, 0.6) is 0 Å². The summed E-state index contributed by atoms with van der Waals surface area (Å²) in [6, 6.07) is 13.9. The van der Waals surface area contributed by atoms with Gasteiger partial charge >= 0.3 is 0 Å². The average molecular weight is 394 g/mol.